The Bertz CT molecular complexity index is 632. The minimum atomic E-state index is -0.491. The topological polar surface area (TPSA) is 61.4 Å². The number of nitrogens with one attached hydrogen (secondary N) is 2. The summed E-state index contributed by atoms with van der Waals surface area (Å²) in [6, 6.07) is 10.7. The van der Waals surface area contributed by atoms with Gasteiger partial charge in [0, 0.05) is 22.8 Å². The molecular weight excluding hydrogens is 295 g/mol. The van der Waals surface area contributed by atoms with Gasteiger partial charge in [-0.2, -0.15) is 0 Å². The molecule has 0 fully saturated rings. The van der Waals surface area contributed by atoms with E-state index in [1.165, 1.54) is 12.1 Å². The SMILES string of the molecule is O=C(NCc1ccc(CO)c(F)c1)Nc1ccc(Cl)cc1. The standard InChI is InChI=1S/C15H14ClFN2O2/c16-12-3-5-13(6-4-12)19-15(21)18-8-10-1-2-11(9-20)14(17)7-10/h1-7,20H,8-9H2,(H2,18,19,21). The van der Waals surface area contributed by atoms with Crippen LogP contribution >= 0.6 is 11.6 Å². The number of rotatable bonds is 4. The third-order valence-electron chi connectivity index (χ3n) is 2.84. The Hall–Kier alpha value is -2.11. The number of urea groups is 1. The van der Waals surface area contributed by atoms with Crippen molar-refractivity contribution < 1.29 is 14.3 Å². The lowest BCUT2D eigenvalue weighted by atomic mass is 10.1. The van der Waals surface area contributed by atoms with Crippen molar-refractivity contribution in [2.24, 2.45) is 0 Å². The quantitative estimate of drug-likeness (QED) is 0.811. The summed E-state index contributed by atoms with van der Waals surface area (Å²) in [5.74, 6) is -0.491. The molecule has 6 heteroatoms. The molecule has 0 atom stereocenters. The summed E-state index contributed by atoms with van der Waals surface area (Å²) in [6.45, 7) is -0.168. The number of benzene rings is 2. The van der Waals surface area contributed by atoms with Crippen LogP contribution in [0.5, 0.6) is 0 Å². The summed E-state index contributed by atoms with van der Waals surface area (Å²) in [5.41, 5.74) is 1.44. The van der Waals surface area contributed by atoms with Crippen molar-refractivity contribution >= 4 is 23.3 Å². The first-order valence-electron chi connectivity index (χ1n) is 6.27. The van der Waals surface area contributed by atoms with Crippen LogP contribution < -0.4 is 10.6 Å². The first-order valence-corrected chi connectivity index (χ1v) is 6.65. The van der Waals surface area contributed by atoms with Crippen LogP contribution in [0.1, 0.15) is 11.1 Å². The van der Waals surface area contributed by atoms with E-state index in [9.17, 15) is 9.18 Å². The highest BCUT2D eigenvalue weighted by Gasteiger charge is 2.05. The zero-order valence-corrected chi connectivity index (χ0v) is 11.8. The molecule has 2 aromatic rings. The molecular formula is C15H14ClFN2O2. The molecule has 0 aliphatic rings. The summed E-state index contributed by atoms with van der Waals surface area (Å²) in [7, 11) is 0. The Morgan fingerprint density at radius 2 is 1.90 bits per heavy atom. The molecule has 2 amide bonds. The Labute approximate surface area is 126 Å². The van der Waals surface area contributed by atoms with Crippen LogP contribution in [0.3, 0.4) is 0 Å². The van der Waals surface area contributed by atoms with Gasteiger partial charge in [0.15, 0.2) is 0 Å². The van der Waals surface area contributed by atoms with E-state index in [2.05, 4.69) is 10.6 Å². The number of anilines is 1. The van der Waals surface area contributed by atoms with Crippen LogP contribution in [0.25, 0.3) is 0 Å². The smallest absolute Gasteiger partial charge is 0.319 e. The highest BCUT2D eigenvalue weighted by Crippen LogP contribution is 2.13. The van der Waals surface area contributed by atoms with E-state index in [1.807, 2.05) is 0 Å². The summed E-state index contributed by atoms with van der Waals surface area (Å²) in [5, 5.41) is 14.7. The Balaban J connectivity index is 1.89. The maximum Gasteiger partial charge on any atom is 0.319 e. The first-order chi connectivity index (χ1) is 10.1. The molecule has 0 saturated carbocycles. The number of hydrogen-bond donors (Lipinski definition) is 3. The number of hydrogen-bond acceptors (Lipinski definition) is 2. The van der Waals surface area contributed by atoms with Gasteiger partial charge in [0.05, 0.1) is 6.61 Å². The van der Waals surface area contributed by atoms with Crippen LogP contribution in [0.15, 0.2) is 42.5 Å². The Morgan fingerprint density at radius 1 is 1.19 bits per heavy atom. The van der Waals surface area contributed by atoms with Gasteiger partial charge in [-0.25, -0.2) is 9.18 Å². The predicted molar refractivity (Wildman–Crippen MR) is 79.6 cm³/mol. The average molecular weight is 309 g/mol. The van der Waals surface area contributed by atoms with Crippen molar-refractivity contribution in [2.75, 3.05) is 5.32 Å². The van der Waals surface area contributed by atoms with Gasteiger partial charge in [0.2, 0.25) is 0 Å². The van der Waals surface area contributed by atoms with Crippen molar-refractivity contribution in [1.29, 1.82) is 0 Å². The highest BCUT2D eigenvalue weighted by atomic mass is 35.5. The van der Waals surface area contributed by atoms with Gasteiger partial charge in [0.25, 0.3) is 0 Å². The largest absolute Gasteiger partial charge is 0.392 e. The Kier molecular flexibility index (Phi) is 5.14. The fourth-order valence-corrected chi connectivity index (χ4v) is 1.85. The van der Waals surface area contributed by atoms with Crippen LogP contribution in [0.4, 0.5) is 14.9 Å². The van der Waals surface area contributed by atoms with Gasteiger partial charge in [-0.1, -0.05) is 23.7 Å². The van der Waals surface area contributed by atoms with E-state index >= 15 is 0 Å². The van der Waals surface area contributed by atoms with E-state index < -0.39 is 11.8 Å². The van der Waals surface area contributed by atoms with Gasteiger partial charge < -0.3 is 15.7 Å². The molecule has 0 spiro atoms. The molecule has 0 aromatic heterocycles. The molecule has 0 aliphatic heterocycles. The van der Waals surface area contributed by atoms with Gasteiger partial charge in [-0.15, -0.1) is 0 Å². The number of aliphatic hydroxyl groups excluding tert-OH is 1. The first kappa shape index (κ1) is 15.3. The summed E-state index contributed by atoms with van der Waals surface area (Å²) in [4.78, 5) is 11.7. The molecule has 0 radical (unpaired) electrons. The van der Waals surface area contributed by atoms with E-state index in [-0.39, 0.29) is 18.7 Å². The third kappa shape index (κ3) is 4.44. The molecule has 3 N–H and O–H groups in total. The van der Waals surface area contributed by atoms with E-state index in [0.29, 0.717) is 16.3 Å². The minimum Gasteiger partial charge on any atom is -0.392 e. The van der Waals surface area contributed by atoms with E-state index in [0.717, 1.165) is 0 Å². The lowest BCUT2D eigenvalue weighted by Crippen LogP contribution is -2.28. The van der Waals surface area contributed by atoms with Gasteiger partial charge in [-0.3, -0.25) is 0 Å². The minimum absolute atomic E-state index is 0.183. The second-order valence-electron chi connectivity index (χ2n) is 4.40. The second kappa shape index (κ2) is 7.06. The molecule has 0 saturated heterocycles. The molecule has 110 valence electrons. The number of halogens is 2. The molecule has 0 bridgehead atoms. The van der Waals surface area contributed by atoms with Crippen molar-refractivity contribution in [2.45, 2.75) is 13.2 Å². The number of aliphatic hydroxyl groups is 1. The van der Waals surface area contributed by atoms with Crippen LogP contribution in [0.2, 0.25) is 5.02 Å². The van der Waals surface area contributed by atoms with Gasteiger partial charge in [-0.05, 0) is 35.9 Å². The second-order valence-corrected chi connectivity index (χ2v) is 4.83. The predicted octanol–water partition coefficient (Wildman–Crippen LogP) is 3.29. The molecule has 0 heterocycles. The normalized spacial score (nSPS) is 10.2. The average Bonchev–Trinajstić information content (AvgIpc) is 2.48. The Morgan fingerprint density at radius 3 is 2.52 bits per heavy atom. The fraction of sp³-hybridized carbons (Fsp3) is 0.133. The van der Waals surface area contributed by atoms with Crippen LogP contribution in [-0.4, -0.2) is 11.1 Å². The maximum absolute atomic E-state index is 13.5. The van der Waals surface area contributed by atoms with Gasteiger partial charge >= 0.3 is 6.03 Å². The fourth-order valence-electron chi connectivity index (χ4n) is 1.72. The van der Waals surface area contributed by atoms with Crippen molar-refractivity contribution in [3.8, 4) is 0 Å². The molecule has 4 nitrogen and oxygen atoms in total. The molecule has 2 rings (SSSR count). The van der Waals surface area contributed by atoms with Crippen LogP contribution in [0, 0.1) is 5.82 Å². The van der Waals surface area contributed by atoms with Crippen molar-refractivity contribution in [3.63, 3.8) is 0 Å². The lowest BCUT2D eigenvalue weighted by Gasteiger charge is -2.08. The molecule has 0 unspecified atom stereocenters. The molecule has 0 aliphatic carbocycles. The number of carbonyl (C=O) groups excluding carboxylic acids is 1. The van der Waals surface area contributed by atoms with Gasteiger partial charge in [0.1, 0.15) is 5.82 Å². The van der Waals surface area contributed by atoms with Crippen molar-refractivity contribution in [1.82, 2.24) is 5.32 Å². The number of carbonyl (C=O) groups is 1. The van der Waals surface area contributed by atoms with Crippen LogP contribution in [-0.2, 0) is 13.2 Å². The zero-order chi connectivity index (χ0) is 15.2. The summed E-state index contributed by atoms with van der Waals surface area (Å²) < 4.78 is 13.5. The lowest BCUT2D eigenvalue weighted by molar-refractivity contribution is 0.251. The maximum atomic E-state index is 13.5. The summed E-state index contributed by atoms with van der Waals surface area (Å²) >= 11 is 5.75. The zero-order valence-electron chi connectivity index (χ0n) is 11.1. The summed E-state index contributed by atoms with van der Waals surface area (Å²) in [6.07, 6.45) is 0. The number of amides is 2. The monoisotopic (exact) mass is 308 g/mol. The highest BCUT2D eigenvalue weighted by molar-refractivity contribution is 6.30. The molecule has 21 heavy (non-hydrogen) atoms. The van der Waals surface area contributed by atoms with Crippen molar-refractivity contribution in [3.05, 3.63) is 64.4 Å². The van der Waals surface area contributed by atoms with E-state index in [4.69, 9.17) is 16.7 Å². The molecule has 2 aromatic carbocycles. The third-order valence-corrected chi connectivity index (χ3v) is 3.09. The van der Waals surface area contributed by atoms with E-state index in [1.54, 1.807) is 30.3 Å².